The van der Waals surface area contributed by atoms with Crippen molar-refractivity contribution in [3.05, 3.63) is 66.2 Å². The Morgan fingerprint density at radius 1 is 1.12 bits per heavy atom. The Morgan fingerprint density at radius 3 is 2.65 bits per heavy atom. The molecule has 2 N–H and O–H groups in total. The molecule has 0 aliphatic carbocycles. The fourth-order valence-electron chi connectivity index (χ4n) is 4.54. The summed E-state index contributed by atoms with van der Waals surface area (Å²) in [5, 5.41) is 26.8. The SMILES string of the molecule is COc1ccc(C(=O)NCCN2CCOCC2)cc1Nc1ncc(-c2ccc(C#N)c(O[C@@H](C)Cn3cnnn3)c2)cn1. The molecule has 0 unspecified atom stereocenters. The number of benzene rings is 2. The van der Waals surface area contributed by atoms with E-state index < -0.39 is 0 Å². The number of amides is 1. The molecule has 14 nitrogen and oxygen atoms in total. The Balaban J connectivity index is 1.24. The largest absolute Gasteiger partial charge is 0.495 e. The molecule has 1 amide bonds. The number of hydrogen-bond donors (Lipinski definition) is 2. The molecule has 14 heteroatoms. The van der Waals surface area contributed by atoms with Crippen LogP contribution in [0.1, 0.15) is 22.8 Å². The first-order valence-corrected chi connectivity index (χ1v) is 13.8. The Kier molecular flexibility index (Phi) is 9.67. The van der Waals surface area contributed by atoms with Gasteiger partial charge in [-0.2, -0.15) is 5.26 Å². The highest BCUT2D eigenvalue weighted by Gasteiger charge is 2.15. The number of carbonyl (C=O) groups is 1. The van der Waals surface area contributed by atoms with Crippen LogP contribution in [0, 0.1) is 11.3 Å². The van der Waals surface area contributed by atoms with Crippen LogP contribution in [0.25, 0.3) is 11.1 Å². The van der Waals surface area contributed by atoms with E-state index in [-0.39, 0.29) is 12.0 Å². The Bertz CT molecular complexity index is 1550. The van der Waals surface area contributed by atoms with Gasteiger partial charge in [0.2, 0.25) is 5.95 Å². The number of nitrogens with one attached hydrogen (secondary N) is 2. The lowest BCUT2D eigenvalue weighted by atomic mass is 10.1. The van der Waals surface area contributed by atoms with E-state index in [1.807, 2.05) is 13.0 Å². The van der Waals surface area contributed by atoms with Gasteiger partial charge in [0.05, 0.1) is 38.1 Å². The molecule has 0 saturated carbocycles. The molecule has 43 heavy (non-hydrogen) atoms. The van der Waals surface area contributed by atoms with Crippen molar-refractivity contribution in [2.75, 3.05) is 51.8 Å². The number of tetrazole rings is 1. The summed E-state index contributed by atoms with van der Waals surface area (Å²) in [5.41, 5.74) is 2.96. The van der Waals surface area contributed by atoms with Crippen LogP contribution in [0.5, 0.6) is 11.5 Å². The number of anilines is 2. The number of nitriles is 1. The smallest absolute Gasteiger partial charge is 0.251 e. The van der Waals surface area contributed by atoms with Crippen LogP contribution >= 0.6 is 0 Å². The van der Waals surface area contributed by atoms with Crippen molar-refractivity contribution in [2.45, 2.75) is 19.6 Å². The highest BCUT2D eigenvalue weighted by atomic mass is 16.5. The molecule has 0 bridgehead atoms. The summed E-state index contributed by atoms with van der Waals surface area (Å²) in [6.07, 6.45) is 4.55. The van der Waals surface area contributed by atoms with E-state index in [1.54, 1.807) is 54.5 Å². The number of carbonyl (C=O) groups excluding carboxylic acids is 1. The zero-order chi connectivity index (χ0) is 30.0. The van der Waals surface area contributed by atoms with Crippen LogP contribution in [-0.4, -0.2) is 93.6 Å². The lowest BCUT2D eigenvalue weighted by Crippen LogP contribution is -2.41. The molecule has 222 valence electrons. The minimum absolute atomic E-state index is 0.179. The van der Waals surface area contributed by atoms with Gasteiger partial charge < -0.3 is 24.8 Å². The molecule has 4 aromatic rings. The summed E-state index contributed by atoms with van der Waals surface area (Å²) < 4.78 is 18.5. The first-order valence-electron chi connectivity index (χ1n) is 13.8. The predicted molar refractivity (Wildman–Crippen MR) is 156 cm³/mol. The lowest BCUT2D eigenvalue weighted by molar-refractivity contribution is 0.0383. The van der Waals surface area contributed by atoms with Crippen LogP contribution in [0.4, 0.5) is 11.6 Å². The first kappa shape index (κ1) is 29.4. The first-order chi connectivity index (χ1) is 21.0. The number of morpholine rings is 1. The number of methoxy groups -OCH3 is 1. The van der Waals surface area contributed by atoms with E-state index >= 15 is 0 Å². The second kappa shape index (κ2) is 14.2. The van der Waals surface area contributed by atoms with Gasteiger partial charge in [-0.25, -0.2) is 14.6 Å². The zero-order valence-electron chi connectivity index (χ0n) is 23.9. The van der Waals surface area contributed by atoms with Crippen LogP contribution in [-0.2, 0) is 11.3 Å². The van der Waals surface area contributed by atoms with Gasteiger partial charge in [-0.3, -0.25) is 9.69 Å². The maximum absolute atomic E-state index is 12.8. The van der Waals surface area contributed by atoms with E-state index in [9.17, 15) is 10.1 Å². The second-order valence-electron chi connectivity index (χ2n) is 9.83. The number of rotatable bonds is 12. The van der Waals surface area contributed by atoms with Crippen LogP contribution in [0.2, 0.25) is 0 Å². The number of aromatic nitrogens is 6. The molecule has 1 saturated heterocycles. The van der Waals surface area contributed by atoms with E-state index in [0.29, 0.717) is 47.4 Å². The minimum Gasteiger partial charge on any atom is -0.495 e. The van der Waals surface area contributed by atoms with Gasteiger partial charge in [0.25, 0.3) is 5.91 Å². The quantitative estimate of drug-likeness (QED) is 0.250. The van der Waals surface area contributed by atoms with E-state index in [4.69, 9.17) is 14.2 Å². The van der Waals surface area contributed by atoms with Crippen molar-refractivity contribution in [2.24, 2.45) is 0 Å². The monoisotopic (exact) mass is 584 g/mol. The van der Waals surface area contributed by atoms with Crippen LogP contribution < -0.4 is 20.1 Å². The van der Waals surface area contributed by atoms with Crippen LogP contribution in [0.3, 0.4) is 0 Å². The Hall–Kier alpha value is -5.13. The van der Waals surface area contributed by atoms with Gasteiger partial charge in [0, 0.05) is 49.7 Å². The molecule has 3 heterocycles. The Morgan fingerprint density at radius 2 is 1.93 bits per heavy atom. The van der Waals surface area contributed by atoms with Gasteiger partial charge in [0.1, 0.15) is 30.0 Å². The third-order valence-electron chi connectivity index (χ3n) is 6.78. The molecule has 5 rings (SSSR count). The summed E-state index contributed by atoms with van der Waals surface area (Å²) in [5.74, 6) is 1.13. The molecule has 1 atom stereocenters. The molecule has 2 aromatic carbocycles. The normalized spacial score (nSPS) is 14.0. The van der Waals surface area contributed by atoms with Crippen molar-refractivity contribution in [3.63, 3.8) is 0 Å². The third kappa shape index (κ3) is 7.79. The van der Waals surface area contributed by atoms with Gasteiger partial charge in [-0.05, 0) is 53.2 Å². The lowest BCUT2D eigenvalue weighted by Gasteiger charge is -2.26. The topological polar surface area (TPSA) is 165 Å². The van der Waals surface area contributed by atoms with E-state index in [0.717, 1.165) is 44.0 Å². The molecule has 1 aliphatic heterocycles. The van der Waals surface area contributed by atoms with Crippen molar-refractivity contribution in [1.29, 1.82) is 5.26 Å². The minimum atomic E-state index is -0.286. The average Bonchev–Trinajstić information content (AvgIpc) is 3.54. The summed E-state index contributed by atoms with van der Waals surface area (Å²) in [6.45, 7) is 6.78. The van der Waals surface area contributed by atoms with E-state index in [1.165, 1.54) is 6.33 Å². The van der Waals surface area contributed by atoms with Crippen molar-refractivity contribution in [1.82, 2.24) is 40.4 Å². The fraction of sp³-hybridized carbons (Fsp3) is 0.345. The molecule has 2 aromatic heterocycles. The van der Waals surface area contributed by atoms with Gasteiger partial charge in [0.15, 0.2) is 0 Å². The standard InChI is InChI=1S/C29H32N10O4/c1-20(18-39-19-34-36-37-39)43-27-14-21(3-4-23(27)15-30)24-16-32-29(33-17-24)35-25-13-22(5-6-26(25)41-2)28(40)31-7-8-38-9-11-42-12-10-38/h3-6,13-14,16-17,19-20H,7-12,18H2,1-2H3,(H,31,40)(H,32,33,35)/t20-/m0/s1. The maximum Gasteiger partial charge on any atom is 0.251 e. The third-order valence-corrected chi connectivity index (χ3v) is 6.78. The number of ether oxygens (including phenoxy) is 3. The molecular formula is C29H32N10O4. The summed E-state index contributed by atoms with van der Waals surface area (Å²) in [4.78, 5) is 24.0. The molecule has 0 radical (unpaired) electrons. The molecular weight excluding hydrogens is 552 g/mol. The summed E-state index contributed by atoms with van der Waals surface area (Å²) in [7, 11) is 1.56. The fourth-order valence-corrected chi connectivity index (χ4v) is 4.54. The van der Waals surface area contributed by atoms with Crippen LogP contribution in [0.15, 0.2) is 55.1 Å². The summed E-state index contributed by atoms with van der Waals surface area (Å²) in [6, 6.07) is 12.6. The highest BCUT2D eigenvalue weighted by Crippen LogP contribution is 2.30. The Labute approximate surface area is 248 Å². The zero-order valence-corrected chi connectivity index (χ0v) is 23.9. The maximum atomic E-state index is 12.8. The molecule has 0 spiro atoms. The molecule has 1 fully saturated rings. The van der Waals surface area contributed by atoms with Gasteiger partial charge in [-0.1, -0.05) is 6.07 Å². The average molecular weight is 585 g/mol. The number of hydrogen-bond acceptors (Lipinski definition) is 12. The van der Waals surface area contributed by atoms with Crippen molar-refractivity contribution >= 4 is 17.5 Å². The van der Waals surface area contributed by atoms with Crippen molar-refractivity contribution < 1.29 is 19.0 Å². The summed E-state index contributed by atoms with van der Waals surface area (Å²) >= 11 is 0. The van der Waals surface area contributed by atoms with Gasteiger partial charge >= 0.3 is 0 Å². The van der Waals surface area contributed by atoms with Crippen molar-refractivity contribution in [3.8, 4) is 28.7 Å². The predicted octanol–water partition coefficient (Wildman–Crippen LogP) is 2.28. The second-order valence-corrected chi connectivity index (χ2v) is 9.83. The van der Waals surface area contributed by atoms with E-state index in [2.05, 4.69) is 47.1 Å². The van der Waals surface area contributed by atoms with Gasteiger partial charge in [-0.15, -0.1) is 5.10 Å². The number of nitrogens with zero attached hydrogens (tertiary/aromatic N) is 8. The highest BCUT2D eigenvalue weighted by molar-refractivity contribution is 5.95. The molecule has 1 aliphatic rings.